The number of aliphatic hydroxyl groups excluding tert-OH is 1. The fraction of sp³-hybridized carbons (Fsp3) is 0.650. The Labute approximate surface area is 140 Å². The number of rotatable bonds is 0. The summed E-state index contributed by atoms with van der Waals surface area (Å²) in [5.41, 5.74) is 2.94. The van der Waals surface area contributed by atoms with Crippen LogP contribution in [-0.4, -0.2) is 22.8 Å². The highest BCUT2D eigenvalue weighted by atomic mass is 16.6. The van der Waals surface area contributed by atoms with E-state index in [2.05, 4.69) is 32.1 Å². The van der Waals surface area contributed by atoms with E-state index in [9.17, 15) is 9.90 Å². The maximum Gasteiger partial charge on any atom is 0.313 e. The standard InChI is InChI=1S/C20H30O3/c1-14-6-5-7-15(2)9-11-18(21)20(4)13-12-17(10-8-14)16(3)19(22)23-20/h7-8,10,16,18,21H,5-6,9,11-13H2,1-4H3/b14-8+,15-7+,17-10+/t16-,18-,20+/m1/s1. The molecule has 2 bridgehead atoms. The fourth-order valence-electron chi connectivity index (χ4n) is 3.24. The van der Waals surface area contributed by atoms with Gasteiger partial charge in [-0.15, -0.1) is 0 Å². The van der Waals surface area contributed by atoms with Gasteiger partial charge in [-0.1, -0.05) is 34.9 Å². The molecule has 2 aliphatic rings. The van der Waals surface area contributed by atoms with Crippen LogP contribution in [0.3, 0.4) is 0 Å². The highest BCUT2D eigenvalue weighted by Crippen LogP contribution is 2.35. The van der Waals surface area contributed by atoms with Crippen molar-refractivity contribution in [3.63, 3.8) is 0 Å². The molecule has 1 heterocycles. The normalized spacial score (nSPS) is 40.6. The summed E-state index contributed by atoms with van der Waals surface area (Å²) in [6, 6.07) is 0. The van der Waals surface area contributed by atoms with Gasteiger partial charge in [0.15, 0.2) is 0 Å². The molecule has 2 rings (SSSR count). The molecule has 1 N–H and O–H groups in total. The van der Waals surface area contributed by atoms with E-state index in [1.165, 1.54) is 11.1 Å². The van der Waals surface area contributed by atoms with Crippen molar-refractivity contribution >= 4 is 5.97 Å². The van der Waals surface area contributed by atoms with Gasteiger partial charge in [0.25, 0.3) is 0 Å². The number of allylic oxidation sites excluding steroid dienone is 5. The summed E-state index contributed by atoms with van der Waals surface area (Å²) in [6.07, 6.45) is 10.8. The lowest BCUT2D eigenvalue weighted by Crippen LogP contribution is -2.43. The van der Waals surface area contributed by atoms with Crippen molar-refractivity contribution in [1.29, 1.82) is 0 Å². The second kappa shape index (κ2) is 7.48. The largest absolute Gasteiger partial charge is 0.456 e. The molecule has 0 aromatic rings. The summed E-state index contributed by atoms with van der Waals surface area (Å²) in [5, 5.41) is 10.6. The minimum atomic E-state index is -0.788. The van der Waals surface area contributed by atoms with Gasteiger partial charge >= 0.3 is 5.97 Å². The van der Waals surface area contributed by atoms with Crippen LogP contribution >= 0.6 is 0 Å². The molecule has 0 aromatic heterocycles. The van der Waals surface area contributed by atoms with E-state index >= 15 is 0 Å². The molecule has 1 fully saturated rings. The van der Waals surface area contributed by atoms with E-state index in [1.807, 2.05) is 13.8 Å². The van der Waals surface area contributed by atoms with Crippen LogP contribution in [-0.2, 0) is 9.53 Å². The number of hydrogen-bond acceptors (Lipinski definition) is 3. The predicted octanol–water partition coefficient (Wildman–Crippen LogP) is 4.47. The van der Waals surface area contributed by atoms with Crippen LogP contribution in [0, 0.1) is 5.92 Å². The molecule has 1 saturated heterocycles. The lowest BCUT2D eigenvalue weighted by molar-refractivity contribution is -0.172. The number of ether oxygens (including phenoxy) is 1. The molecule has 0 radical (unpaired) electrons. The zero-order valence-corrected chi connectivity index (χ0v) is 14.9. The van der Waals surface area contributed by atoms with Gasteiger partial charge in [-0.3, -0.25) is 4.79 Å². The van der Waals surface area contributed by atoms with Gasteiger partial charge in [-0.2, -0.15) is 0 Å². The monoisotopic (exact) mass is 318 g/mol. The smallest absolute Gasteiger partial charge is 0.313 e. The first kappa shape index (κ1) is 18.0. The summed E-state index contributed by atoms with van der Waals surface area (Å²) in [7, 11) is 0. The summed E-state index contributed by atoms with van der Waals surface area (Å²) in [6.45, 7) is 8.02. The van der Waals surface area contributed by atoms with Crippen LogP contribution < -0.4 is 0 Å². The number of aliphatic hydroxyl groups is 1. The Bertz CT molecular complexity index is 541. The first-order chi connectivity index (χ1) is 10.8. The molecular formula is C20H30O3. The Kier molecular flexibility index (Phi) is 5.85. The van der Waals surface area contributed by atoms with Gasteiger partial charge < -0.3 is 9.84 Å². The third-order valence-electron chi connectivity index (χ3n) is 5.28. The van der Waals surface area contributed by atoms with Gasteiger partial charge in [0, 0.05) is 0 Å². The second-order valence-corrected chi connectivity index (χ2v) is 7.35. The highest BCUT2D eigenvalue weighted by Gasteiger charge is 2.41. The Morgan fingerprint density at radius 3 is 2.65 bits per heavy atom. The number of fused-ring (bicyclic) bond motifs is 3. The summed E-state index contributed by atoms with van der Waals surface area (Å²) >= 11 is 0. The summed E-state index contributed by atoms with van der Waals surface area (Å²) in [5.74, 6) is -0.457. The molecule has 1 aliphatic heterocycles. The van der Waals surface area contributed by atoms with E-state index in [0.717, 1.165) is 31.3 Å². The number of carbonyl (C=O) groups is 1. The summed E-state index contributed by atoms with van der Waals surface area (Å²) in [4.78, 5) is 12.4. The maximum atomic E-state index is 12.4. The molecule has 3 atom stereocenters. The van der Waals surface area contributed by atoms with Gasteiger partial charge in [0.1, 0.15) is 5.60 Å². The predicted molar refractivity (Wildman–Crippen MR) is 93.0 cm³/mol. The van der Waals surface area contributed by atoms with E-state index in [4.69, 9.17) is 4.74 Å². The first-order valence-corrected chi connectivity index (χ1v) is 8.74. The highest BCUT2D eigenvalue weighted by molar-refractivity contribution is 5.76. The third kappa shape index (κ3) is 4.57. The lowest BCUT2D eigenvalue weighted by atomic mass is 9.87. The minimum Gasteiger partial charge on any atom is -0.456 e. The molecule has 1 aliphatic carbocycles. The van der Waals surface area contributed by atoms with E-state index in [1.54, 1.807) is 0 Å². The zero-order valence-electron chi connectivity index (χ0n) is 14.9. The molecule has 0 aromatic carbocycles. The second-order valence-electron chi connectivity index (χ2n) is 7.35. The van der Waals surface area contributed by atoms with Crippen LogP contribution in [0.5, 0.6) is 0 Å². The average Bonchev–Trinajstić information content (AvgIpc) is 2.61. The molecule has 0 amide bonds. The fourth-order valence-corrected chi connectivity index (χ4v) is 3.24. The zero-order chi connectivity index (χ0) is 17.0. The first-order valence-electron chi connectivity index (χ1n) is 8.74. The lowest BCUT2D eigenvalue weighted by Gasteiger charge is -2.33. The van der Waals surface area contributed by atoms with Gasteiger partial charge in [-0.25, -0.2) is 0 Å². The average molecular weight is 318 g/mol. The van der Waals surface area contributed by atoms with Crippen LogP contribution in [0.15, 0.2) is 34.9 Å². The third-order valence-corrected chi connectivity index (χ3v) is 5.28. The number of carbonyl (C=O) groups excluding carboxylic acids is 1. The van der Waals surface area contributed by atoms with Gasteiger partial charge in [0.2, 0.25) is 0 Å². The molecule has 3 nitrogen and oxygen atoms in total. The van der Waals surface area contributed by atoms with Crippen molar-refractivity contribution in [1.82, 2.24) is 0 Å². The van der Waals surface area contributed by atoms with E-state index in [0.29, 0.717) is 12.8 Å². The summed E-state index contributed by atoms with van der Waals surface area (Å²) < 4.78 is 5.72. The molecule has 0 saturated carbocycles. The van der Waals surface area contributed by atoms with Crippen molar-refractivity contribution in [2.75, 3.05) is 0 Å². The Morgan fingerprint density at radius 2 is 1.91 bits per heavy atom. The molecule has 3 heteroatoms. The number of hydrogen-bond donors (Lipinski definition) is 1. The van der Waals surface area contributed by atoms with Crippen LogP contribution in [0.4, 0.5) is 0 Å². The Morgan fingerprint density at radius 1 is 1.17 bits per heavy atom. The Hall–Kier alpha value is -1.35. The maximum absolute atomic E-state index is 12.4. The minimum absolute atomic E-state index is 0.219. The van der Waals surface area contributed by atoms with Crippen LogP contribution in [0.1, 0.15) is 66.2 Å². The molecule has 23 heavy (non-hydrogen) atoms. The van der Waals surface area contributed by atoms with Crippen molar-refractivity contribution < 1.29 is 14.6 Å². The topological polar surface area (TPSA) is 46.5 Å². The van der Waals surface area contributed by atoms with Crippen LogP contribution in [0.2, 0.25) is 0 Å². The van der Waals surface area contributed by atoms with Gasteiger partial charge in [0.05, 0.1) is 12.0 Å². The Balaban J connectivity index is 2.36. The number of esters is 1. The molecule has 128 valence electrons. The SMILES string of the molecule is C/C1=C\C=C2/CC[C@](C)(OC(=O)[C@@H]2C)[C@H](O)CC/C(C)=C/CC1. The molecule has 0 unspecified atom stereocenters. The van der Waals surface area contributed by atoms with E-state index in [-0.39, 0.29) is 11.9 Å². The van der Waals surface area contributed by atoms with E-state index < -0.39 is 11.7 Å². The van der Waals surface area contributed by atoms with Gasteiger partial charge in [-0.05, 0) is 66.2 Å². The quantitative estimate of drug-likeness (QED) is 0.529. The molecular weight excluding hydrogens is 288 g/mol. The van der Waals surface area contributed by atoms with Crippen LogP contribution in [0.25, 0.3) is 0 Å². The van der Waals surface area contributed by atoms with Crippen molar-refractivity contribution in [2.24, 2.45) is 5.92 Å². The van der Waals surface area contributed by atoms with Crippen molar-refractivity contribution in [3.8, 4) is 0 Å². The molecule has 0 spiro atoms. The van der Waals surface area contributed by atoms with Crippen molar-refractivity contribution in [3.05, 3.63) is 34.9 Å². The van der Waals surface area contributed by atoms with Crippen molar-refractivity contribution in [2.45, 2.75) is 77.9 Å².